The van der Waals surface area contributed by atoms with Crippen LogP contribution in [0.3, 0.4) is 0 Å². The van der Waals surface area contributed by atoms with Crippen molar-refractivity contribution in [1.29, 1.82) is 0 Å². The van der Waals surface area contributed by atoms with Crippen LogP contribution in [0.5, 0.6) is 0 Å². The van der Waals surface area contributed by atoms with E-state index in [2.05, 4.69) is 14.9 Å². The van der Waals surface area contributed by atoms with Crippen molar-refractivity contribution in [3.8, 4) is 0 Å². The quantitative estimate of drug-likeness (QED) is 0.867. The van der Waals surface area contributed by atoms with E-state index in [-0.39, 0.29) is 5.56 Å². The van der Waals surface area contributed by atoms with E-state index in [4.69, 9.17) is 11.6 Å². The Morgan fingerprint density at radius 1 is 1.30 bits per heavy atom. The lowest BCUT2D eigenvalue weighted by molar-refractivity contribution is 0.350. The fourth-order valence-corrected chi connectivity index (χ4v) is 3.30. The van der Waals surface area contributed by atoms with Gasteiger partial charge in [-0.2, -0.15) is 0 Å². The molecule has 0 aromatic carbocycles. The molecule has 0 aliphatic carbocycles. The number of nitrogens with zero attached hydrogens (tertiary/aromatic N) is 4. The molecule has 0 unspecified atom stereocenters. The van der Waals surface area contributed by atoms with Gasteiger partial charge in [0.05, 0.1) is 17.0 Å². The molecule has 6 heteroatoms. The normalized spacial score (nSPS) is 15.9. The van der Waals surface area contributed by atoms with Gasteiger partial charge in [-0.15, -0.1) is 0 Å². The van der Waals surface area contributed by atoms with Gasteiger partial charge in [-0.3, -0.25) is 14.3 Å². The molecular weight excluding hydrogens is 312 g/mol. The van der Waals surface area contributed by atoms with Crippen molar-refractivity contribution in [2.24, 2.45) is 5.92 Å². The number of rotatable bonds is 3. The highest BCUT2D eigenvalue weighted by Gasteiger charge is 2.21. The van der Waals surface area contributed by atoms with Crippen molar-refractivity contribution >= 4 is 17.3 Å². The van der Waals surface area contributed by atoms with Crippen molar-refractivity contribution < 1.29 is 0 Å². The van der Waals surface area contributed by atoms with Crippen LogP contribution in [0.2, 0.25) is 5.02 Å². The summed E-state index contributed by atoms with van der Waals surface area (Å²) in [5, 5.41) is 0.695. The molecule has 23 heavy (non-hydrogen) atoms. The number of anilines is 1. The largest absolute Gasteiger partial charge is 0.370 e. The molecule has 0 spiro atoms. The third-order valence-electron chi connectivity index (χ3n) is 4.68. The number of piperidine rings is 1. The molecule has 1 fully saturated rings. The number of halogens is 1. The van der Waals surface area contributed by atoms with Crippen LogP contribution in [0.25, 0.3) is 0 Å². The molecule has 1 saturated heterocycles. The zero-order valence-corrected chi connectivity index (χ0v) is 14.3. The molecule has 1 aliphatic heterocycles. The SMILES string of the molecule is Cc1ncn(CC2CCN(c3ccncc3Cl)CC2)c(=O)c1C. The smallest absolute Gasteiger partial charge is 0.256 e. The summed E-state index contributed by atoms with van der Waals surface area (Å²) in [7, 11) is 0. The first-order valence-electron chi connectivity index (χ1n) is 7.93. The number of pyridine rings is 1. The van der Waals surface area contributed by atoms with E-state index in [1.807, 2.05) is 19.9 Å². The summed E-state index contributed by atoms with van der Waals surface area (Å²) in [6, 6.07) is 1.96. The fourth-order valence-electron chi connectivity index (χ4n) is 3.06. The summed E-state index contributed by atoms with van der Waals surface area (Å²) in [4.78, 5) is 22.9. The maximum absolute atomic E-state index is 12.3. The number of hydrogen-bond donors (Lipinski definition) is 0. The van der Waals surface area contributed by atoms with E-state index >= 15 is 0 Å². The Kier molecular flexibility index (Phi) is 4.66. The van der Waals surface area contributed by atoms with E-state index in [1.165, 1.54) is 0 Å². The highest BCUT2D eigenvalue weighted by Crippen LogP contribution is 2.29. The Morgan fingerprint density at radius 2 is 2.04 bits per heavy atom. The lowest BCUT2D eigenvalue weighted by Gasteiger charge is -2.34. The zero-order chi connectivity index (χ0) is 16.4. The average Bonchev–Trinajstić information content (AvgIpc) is 2.57. The second-order valence-corrected chi connectivity index (χ2v) is 6.58. The van der Waals surface area contributed by atoms with E-state index in [1.54, 1.807) is 23.3 Å². The van der Waals surface area contributed by atoms with Gasteiger partial charge in [-0.25, -0.2) is 4.98 Å². The van der Waals surface area contributed by atoms with Gasteiger partial charge in [0, 0.05) is 43.3 Å². The molecule has 5 nitrogen and oxygen atoms in total. The van der Waals surface area contributed by atoms with Crippen molar-refractivity contribution in [3.63, 3.8) is 0 Å². The molecular formula is C17H21ClN4O. The Morgan fingerprint density at radius 3 is 2.74 bits per heavy atom. The third-order valence-corrected chi connectivity index (χ3v) is 4.97. The van der Waals surface area contributed by atoms with E-state index in [9.17, 15) is 4.79 Å². The minimum absolute atomic E-state index is 0.0807. The van der Waals surface area contributed by atoms with Crippen molar-refractivity contribution in [2.45, 2.75) is 33.2 Å². The first-order valence-corrected chi connectivity index (χ1v) is 8.31. The van der Waals surface area contributed by atoms with E-state index in [0.717, 1.165) is 49.4 Å². The minimum Gasteiger partial charge on any atom is -0.370 e. The molecule has 1 aliphatic rings. The summed E-state index contributed by atoms with van der Waals surface area (Å²) in [5.74, 6) is 0.494. The van der Waals surface area contributed by atoms with Gasteiger partial charge in [0.1, 0.15) is 0 Å². The fraction of sp³-hybridized carbons (Fsp3) is 0.471. The first kappa shape index (κ1) is 16.0. The molecule has 2 aromatic heterocycles. The topological polar surface area (TPSA) is 51.0 Å². The lowest BCUT2D eigenvalue weighted by atomic mass is 9.96. The van der Waals surface area contributed by atoms with Crippen LogP contribution in [0.4, 0.5) is 5.69 Å². The molecule has 0 N–H and O–H groups in total. The average molecular weight is 333 g/mol. The first-order chi connectivity index (χ1) is 11.1. The van der Waals surface area contributed by atoms with Gasteiger partial charge < -0.3 is 4.90 Å². The summed E-state index contributed by atoms with van der Waals surface area (Å²) < 4.78 is 1.75. The lowest BCUT2D eigenvalue weighted by Crippen LogP contribution is -2.37. The Bertz CT molecular complexity index is 750. The second kappa shape index (κ2) is 6.71. The minimum atomic E-state index is 0.0807. The van der Waals surface area contributed by atoms with Crippen LogP contribution in [0.15, 0.2) is 29.6 Å². The third kappa shape index (κ3) is 3.39. The van der Waals surface area contributed by atoms with E-state index < -0.39 is 0 Å². The van der Waals surface area contributed by atoms with Gasteiger partial charge in [-0.1, -0.05) is 11.6 Å². The van der Waals surface area contributed by atoms with Gasteiger partial charge in [-0.05, 0) is 38.7 Å². The van der Waals surface area contributed by atoms with Crippen LogP contribution in [0, 0.1) is 19.8 Å². The van der Waals surface area contributed by atoms with Crippen molar-refractivity contribution in [2.75, 3.05) is 18.0 Å². The molecule has 2 aromatic rings. The molecule has 0 saturated carbocycles. The van der Waals surface area contributed by atoms with Crippen LogP contribution in [-0.4, -0.2) is 27.6 Å². The zero-order valence-electron chi connectivity index (χ0n) is 13.5. The highest BCUT2D eigenvalue weighted by molar-refractivity contribution is 6.33. The van der Waals surface area contributed by atoms with Gasteiger partial charge in [0.15, 0.2) is 0 Å². The summed E-state index contributed by atoms with van der Waals surface area (Å²) in [6.45, 7) is 6.35. The predicted molar refractivity (Wildman–Crippen MR) is 92.2 cm³/mol. The monoisotopic (exact) mass is 332 g/mol. The molecule has 0 amide bonds. The standard InChI is InChI=1S/C17H21ClN4O/c1-12-13(2)20-11-22(17(12)23)10-14-4-7-21(8-5-14)16-3-6-19-9-15(16)18/h3,6,9,11,14H,4-5,7-8,10H2,1-2H3. The Hall–Kier alpha value is -1.88. The number of aryl methyl sites for hydroxylation is 1. The van der Waals surface area contributed by atoms with Crippen LogP contribution < -0.4 is 10.5 Å². The molecule has 0 bridgehead atoms. The molecule has 3 heterocycles. The molecule has 122 valence electrons. The number of hydrogen-bond acceptors (Lipinski definition) is 4. The molecule has 0 atom stereocenters. The van der Waals surface area contributed by atoms with Crippen molar-refractivity contribution in [3.05, 3.63) is 51.4 Å². The van der Waals surface area contributed by atoms with Gasteiger partial charge >= 0.3 is 0 Å². The van der Waals surface area contributed by atoms with Crippen LogP contribution in [0.1, 0.15) is 24.1 Å². The van der Waals surface area contributed by atoms with Crippen LogP contribution in [-0.2, 0) is 6.54 Å². The summed E-state index contributed by atoms with van der Waals surface area (Å²) >= 11 is 6.22. The Labute approximate surface area is 140 Å². The van der Waals surface area contributed by atoms with E-state index in [0.29, 0.717) is 10.9 Å². The van der Waals surface area contributed by atoms with Gasteiger partial charge in [0.25, 0.3) is 5.56 Å². The van der Waals surface area contributed by atoms with Crippen molar-refractivity contribution in [1.82, 2.24) is 14.5 Å². The molecule has 0 radical (unpaired) electrons. The van der Waals surface area contributed by atoms with Gasteiger partial charge in [0.2, 0.25) is 0 Å². The van der Waals surface area contributed by atoms with Crippen LogP contribution >= 0.6 is 11.6 Å². The molecule has 3 rings (SSSR count). The highest BCUT2D eigenvalue weighted by atomic mass is 35.5. The number of aromatic nitrogens is 3. The maximum atomic E-state index is 12.3. The summed E-state index contributed by atoms with van der Waals surface area (Å²) in [6.07, 6.45) is 7.21. The maximum Gasteiger partial charge on any atom is 0.256 e. The predicted octanol–water partition coefficient (Wildman–Crippen LogP) is 2.83. The second-order valence-electron chi connectivity index (χ2n) is 6.17. The Balaban J connectivity index is 1.65. The summed E-state index contributed by atoms with van der Waals surface area (Å²) in [5.41, 5.74) is 2.68.